The summed E-state index contributed by atoms with van der Waals surface area (Å²) in [6.07, 6.45) is 1.53. The van der Waals surface area contributed by atoms with Crippen LogP contribution in [0.4, 0.5) is 0 Å². The second kappa shape index (κ2) is 2.90. The first kappa shape index (κ1) is 7.79. The van der Waals surface area contributed by atoms with Crippen LogP contribution in [-0.4, -0.2) is 32.3 Å². The van der Waals surface area contributed by atoms with Crippen LogP contribution >= 0.6 is 11.8 Å². The van der Waals surface area contributed by atoms with E-state index in [1.54, 1.807) is 18.8 Å². The molecule has 0 bridgehead atoms. The monoisotopic (exact) mass is 183 g/mol. The summed E-state index contributed by atoms with van der Waals surface area (Å²) in [7, 11) is 1.74. The van der Waals surface area contributed by atoms with Gasteiger partial charge in [-0.05, 0) is 0 Å². The van der Waals surface area contributed by atoms with Crippen LogP contribution < -0.4 is 0 Å². The predicted molar refractivity (Wildman–Crippen MR) is 46.1 cm³/mol. The lowest BCUT2D eigenvalue weighted by atomic mass is 10.1. The van der Waals surface area contributed by atoms with Crippen molar-refractivity contribution in [1.82, 2.24) is 15.0 Å². The Labute approximate surface area is 74.3 Å². The maximum Gasteiger partial charge on any atom is 0.187 e. The molecule has 1 aliphatic heterocycles. The smallest absolute Gasteiger partial charge is 0.187 e. The van der Waals surface area contributed by atoms with E-state index < -0.39 is 0 Å². The molecule has 5 heteroatoms. The van der Waals surface area contributed by atoms with Crippen molar-refractivity contribution in [3.8, 4) is 0 Å². The molecule has 1 aliphatic rings. The second-order valence-corrected chi connectivity index (χ2v) is 3.92. The van der Waals surface area contributed by atoms with Crippen LogP contribution in [0.1, 0.15) is 10.5 Å². The Hall–Kier alpha value is -0.840. The quantitative estimate of drug-likeness (QED) is 0.621. The van der Waals surface area contributed by atoms with Crippen molar-refractivity contribution in [1.29, 1.82) is 0 Å². The number of Topliss-reactive ketones (excluding diaryl/α,β-unsaturated/α-hetero) is 1. The number of thioether (sulfide) groups is 1. The number of hydrogen-bond donors (Lipinski definition) is 0. The number of nitrogens with zero attached hydrogens (tertiary/aromatic N) is 3. The molecule has 0 unspecified atom stereocenters. The summed E-state index contributed by atoms with van der Waals surface area (Å²) < 4.78 is 1.53. The summed E-state index contributed by atoms with van der Waals surface area (Å²) in [4.78, 5) is 11.6. The average molecular weight is 183 g/mol. The Morgan fingerprint density at radius 2 is 2.50 bits per heavy atom. The van der Waals surface area contributed by atoms with Gasteiger partial charge in [0.1, 0.15) is 5.69 Å². The van der Waals surface area contributed by atoms with Gasteiger partial charge in [0, 0.05) is 24.5 Å². The van der Waals surface area contributed by atoms with Crippen molar-refractivity contribution in [3.63, 3.8) is 0 Å². The van der Waals surface area contributed by atoms with E-state index in [4.69, 9.17) is 0 Å². The molecule has 2 heterocycles. The summed E-state index contributed by atoms with van der Waals surface area (Å²) in [6, 6.07) is 0. The maximum atomic E-state index is 11.6. The fourth-order valence-electron chi connectivity index (χ4n) is 1.11. The zero-order valence-corrected chi connectivity index (χ0v) is 7.54. The van der Waals surface area contributed by atoms with Crippen LogP contribution in [0.2, 0.25) is 0 Å². The number of hydrogen-bond acceptors (Lipinski definition) is 4. The third-order valence-electron chi connectivity index (χ3n) is 1.98. The highest BCUT2D eigenvalue weighted by Crippen LogP contribution is 2.27. The maximum absolute atomic E-state index is 11.6. The molecule has 0 radical (unpaired) electrons. The van der Waals surface area contributed by atoms with Crippen LogP contribution in [-0.2, 0) is 7.05 Å². The number of carbonyl (C=O) groups is 1. The minimum absolute atomic E-state index is 0.182. The van der Waals surface area contributed by atoms with Gasteiger partial charge in [-0.2, -0.15) is 11.8 Å². The van der Waals surface area contributed by atoms with Crippen molar-refractivity contribution in [2.45, 2.75) is 0 Å². The number of ketones is 1. The Bertz CT molecular complexity index is 305. The SMILES string of the molecule is Cn1nncc1C(=O)C1CSC1. The minimum atomic E-state index is 0.182. The zero-order valence-electron chi connectivity index (χ0n) is 6.73. The van der Waals surface area contributed by atoms with Gasteiger partial charge < -0.3 is 0 Å². The van der Waals surface area contributed by atoms with Crippen molar-refractivity contribution < 1.29 is 4.79 Å². The van der Waals surface area contributed by atoms with E-state index in [9.17, 15) is 4.79 Å². The van der Waals surface area contributed by atoms with Gasteiger partial charge >= 0.3 is 0 Å². The molecule has 64 valence electrons. The summed E-state index contributed by atoms with van der Waals surface area (Å²) in [5.74, 6) is 2.28. The van der Waals surface area contributed by atoms with E-state index in [1.807, 2.05) is 0 Å². The highest BCUT2D eigenvalue weighted by atomic mass is 32.2. The molecular weight excluding hydrogens is 174 g/mol. The minimum Gasteiger partial charge on any atom is -0.292 e. The van der Waals surface area contributed by atoms with Crippen LogP contribution in [0.15, 0.2) is 6.20 Å². The number of aromatic nitrogens is 3. The molecule has 0 atom stereocenters. The molecule has 1 aromatic rings. The third-order valence-corrected chi connectivity index (χ3v) is 3.25. The first-order valence-electron chi connectivity index (χ1n) is 3.75. The van der Waals surface area contributed by atoms with E-state index in [0.29, 0.717) is 5.69 Å². The van der Waals surface area contributed by atoms with Gasteiger partial charge in [-0.15, -0.1) is 5.10 Å². The number of carbonyl (C=O) groups excluding carboxylic acids is 1. The summed E-state index contributed by atoms with van der Waals surface area (Å²) in [5.41, 5.74) is 0.625. The molecule has 0 aliphatic carbocycles. The second-order valence-electron chi connectivity index (χ2n) is 2.84. The highest BCUT2D eigenvalue weighted by molar-refractivity contribution is 8.00. The molecule has 1 saturated heterocycles. The standard InChI is InChI=1S/C7H9N3OS/c1-10-6(2-8-9-10)7(11)5-3-12-4-5/h2,5H,3-4H2,1H3. The van der Waals surface area contributed by atoms with Gasteiger partial charge in [0.25, 0.3) is 0 Å². The molecule has 1 aromatic heterocycles. The molecule has 0 saturated carbocycles. The van der Waals surface area contributed by atoms with Crippen molar-refractivity contribution >= 4 is 17.5 Å². The van der Waals surface area contributed by atoms with E-state index in [2.05, 4.69) is 10.3 Å². The molecular formula is C7H9N3OS. The van der Waals surface area contributed by atoms with Gasteiger partial charge in [0.05, 0.1) is 6.20 Å². The number of aryl methyl sites for hydroxylation is 1. The van der Waals surface area contributed by atoms with Crippen LogP contribution in [0.5, 0.6) is 0 Å². The lowest BCUT2D eigenvalue weighted by molar-refractivity contribution is 0.0929. The Balaban J connectivity index is 2.19. The van der Waals surface area contributed by atoms with Crippen LogP contribution in [0.3, 0.4) is 0 Å². The summed E-state index contributed by atoms with van der Waals surface area (Å²) >= 11 is 1.81. The fourth-order valence-corrected chi connectivity index (χ4v) is 1.88. The normalized spacial score (nSPS) is 17.4. The summed E-state index contributed by atoms with van der Waals surface area (Å²) in [6.45, 7) is 0. The summed E-state index contributed by atoms with van der Waals surface area (Å²) in [5, 5.41) is 7.39. The molecule has 12 heavy (non-hydrogen) atoms. The van der Waals surface area contributed by atoms with Crippen molar-refractivity contribution in [3.05, 3.63) is 11.9 Å². The molecule has 2 rings (SSSR count). The lowest BCUT2D eigenvalue weighted by Crippen LogP contribution is -2.29. The van der Waals surface area contributed by atoms with Crippen molar-refractivity contribution in [2.24, 2.45) is 13.0 Å². The van der Waals surface area contributed by atoms with E-state index in [0.717, 1.165) is 11.5 Å². The zero-order chi connectivity index (χ0) is 8.55. The molecule has 0 aromatic carbocycles. The first-order valence-corrected chi connectivity index (χ1v) is 4.91. The van der Waals surface area contributed by atoms with Gasteiger partial charge in [-0.3, -0.25) is 4.79 Å². The largest absolute Gasteiger partial charge is 0.292 e. The van der Waals surface area contributed by atoms with Gasteiger partial charge in [-0.1, -0.05) is 5.21 Å². The Morgan fingerprint density at radius 1 is 1.75 bits per heavy atom. The van der Waals surface area contributed by atoms with E-state index in [-0.39, 0.29) is 11.7 Å². The fraction of sp³-hybridized carbons (Fsp3) is 0.571. The highest BCUT2D eigenvalue weighted by Gasteiger charge is 2.28. The topological polar surface area (TPSA) is 47.8 Å². The third kappa shape index (κ3) is 1.14. The van der Waals surface area contributed by atoms with Gasteiger partial charge in [0.2, 0.25) is 0 Å². The number of rotatable bonds is 2. The molecule has 0 spiro atoms. The van der Waals surface area contributed by atoms with Crippen molar-refractivity contribution in [2.75, 3.05) is 11.5 Å². The predicted octanol–water partition coefficient (Wildman–Crippen LogP) is 0.361. The first-order chi connectivity index (χ1) is 5.79. The van der Waals surface area contributed by atoms with E-state index >= 15 is 0 Å². The Kier molecular flexibility index (Phi) is 1.88. The van der Waals surface area contributed by atoms with Gasteiger partial charge in [0.15, 0.2) is 5.78 Å². The molecule has 0 amide bonds. The molecule has 4 nitrogen and oxygen atoms in total. The van der Waals surface area contributed by atoms with E-state index in [1.165, 1.54) is 10.9 Å². The van der Waals surface area contributed by atoms with Gasteiger partial charge in [-0.25, -0.2) is 4.68 Å². The lowest BCUT2D eigenvalue weighted by Gasteiger charge is -2.22. The Morgan fingerprint density at radius 3 is 2.92 bits per heavy atom. The molecule has 0 N–H and O–H groups in total. The van der Waals surface area contributed by atoms with Crippen LogP contribution in [0.25, 0.3) is 0 Å². The molecule has 1 fully saturated rings. The van der Waals surface area contributed by atoms with Crippen LogP contribution in [0, 0.1) is 5.92 Å². The average Bonchev–Trinajstić information content (AvgIpc) is 2.31.